The first-order chi connectivity index (χ1) is 9.94. The molecule has 0 unspecified atom stereocenters. The highest BCUT2D eigenvalue weighted by atomic mass is 32.2. The minimum atomic E-state index is -3.62. The van der Waals surface area contributed by atoms with E-state index in [1.807, 2.05) is 0 Å². The number of hydrogen-bond acceptors (Lipinski definition) is 4. The second kappa shape index (κ2) is 6.28. The Morgan fingerprint density at radius 3 is 2.43 bits per heavy atom. The number of anilines is 1. The number of nitrogens with zero attached hydrogens (tertiary/aromatic N) is 1. The quantitative estimate of drug-likeness (QED) is 0.757. The van der Waals surface area contributed by atoms with Crippen LogP contribution < -0.4 is 4.72 Å². The predicted molar refractivity (Wildman–Crippen MR) is 80.7 cm³/mol. The molecule has 0 atom stereocenters. The van der Waals surface area contributed by atoms with Crippen LogP contribution in [-0.4, -0.2) is 30.3 Å². The zero-order valence-electron chi connectivity index (χ0n) is 12.0. The molecule has 0 aliphatic heterocycles. The van der Waals surface area contributed by atoms with Crippen molar-refractivity contribution in [1.29, 1.82) is 0 Å². The van der Waals surface area contributed by atoms with Gasteiger partial charge in [-0.2, -0.15) is 5.10 Å². The van der Waals surface area contributed by atoms with E-state index in [1.165, 1.54) is 0 Å². The second-order valence-corrected chi connectivity index (χ2v) is 6.57. The van der Waals surface area contributed by atoms with Gasteiger partial charge >= 0.3 is 0 Å². The number of aromatic amines is 1. The average molecular weight is 309 g/mol. The first kappa shape index (κ1) is 15.5. The summed E-state index contributed by atoms with van der Waals surface area (Å²) in [6, 6.07) is 6.66. The number of H-pyrrole nitrogens is 1. The molecule has 114 valence electrons. The maximum absolute atomic E-state index is 12.3. The van der Waals surface area contributed by atoms with Gasteiger partial charge in [-0.1, -0.05) is 12.1 Å². The van der Waals surface area contributed by atoms with Gasteiger partial charge in [0.1, 0.15) is 0 Å². The van der Waals surface area contributed by atoms with Gasteiger partial charge in [-0.3, -0.25) is 9.82 Å². The van der Waals surface area contributed by atoms with Gasteiger partial charge in [0.15, 0.2) is 0 Å². The van der Waals surface area contributed by atoms with Gasteiger partial charge in [0.05, 0.1) is 22.0 Å². The molecule has 0 fully saturated rings. The molecule has 0 bridgehead atoms. The van der Waals surface area contributed by atoms with Crippen LogP contribution >= 0.6 is 0 Å². The number of aryl methyl sites for hydroxylation is 3. The fraction of sp³-hybridized carbons (Fsp3) is 0.357. The normalized spacial score (nSPS) is 11.6. The molecular weight excluding hydrogens is 290 g/mol. The number of rotatable bonds is 6. The standard InChI is InChI=1S/C14H19N3O3S/c1-10-14(11(2)16-15-10)17-21(19,20)13-7-5-12(6-8-13)4-3-9-18/h5-8,17-18H,3-4,9H2,1-2H3,(H,15,16). The lowest BCUT2D eigenvalue weighted by Gasteiger charge is -2.09. The zero-order valence-corrected chi connectivity index (χ0v) is 12.9. The summed E-state index contributed by atoms with van der Waals surface area (Å²) in [6.07, 6.45) is 1.39. The van der Waals surface area contributed by atoms with E-state index in [1.54, 1.807) is 38.1 Å². The monoisotopic (exact) mass is 309 g/mol. The highest BCUT2D eigenvalue weighted by Crippen LogP contribution is 2.21. The molecule has 0 spiro atoms. The van der Waals surface area contributed by atoms with Crippen molar-refractivity contribution in [2.24, 2.45) is 0 Å². The van der Waals surface area contributed by atoms with Crippen LogP contribution in [0.4, 0.5) is 5.69 Å². The van der Waals surface area contributed by atoms with Crippen LogP contribution in [-0.2, 0) is 16.4 Å². The number of benzene rings is 1. The van der Waals surface area contributed by atoms with Crippen LogP contribution in [0.3, 0.4) is 0 Å². The molecule has 6 nitrogen and oxygen atoms in total. The molecule has 0 amide bonds. The first-order valence-corrected chi connectivity index (χ1v) is 8.16. The Balaban J connectivity index is 2.20. The Morgan fingerprint density at radius 2 is 1.90 bits per heavy atom. The van der Waals surface area contributed by atoms with Gasteiger partial charge in [0.25, 0.3) is 10.0 Å². The van der Waals surface area contributed by atoms with E-state index in [2.05, 4.69) is 14.9 Å². The van der Waals surface area contributed by atoms with Crippen molar-refractivity contribution in [3.8, 4) is 0 Å². The van der Waals surface area contributed by atoms with Crippen molar-refractivity contribution in [3.63, 3.8) is 0 Å². The minimum Gasteiger partial charge on any atom is -0.396 e. The summed E-state index contributed by atoms with van der Waals surface area (Å²) in [5, 5.41) is 15.5. The lowest BCUT2D eigenvalue weighted by Crippen LogP contribution is -2.14. The maximum atomic E-state index is 12.3. The Hall–Kier alpha value is -1.86. The third-order valence-corrected chi connectivity index (χ3v) is 4.59. The minimum absolute atomic E-state index is 0.126. The number of aliphatic hydroxyl groups is 1. The Bertz CT molecular complexity index is 686. The van der Waals surface area contributed by atoms with Crippen molar-refractivity contribution >= 4 is 15.7 Å². The summed E-state index contributed by atoms with van der Waals surface area (Å²) in [5.41, 5.74) is 2.77. The molecule has 1 aromatic heterocycles. The van der Waals surface area contributed by atoms with Gasteiger partial charge in [-0.25, -0.2) is 8.42 Å². The smallest absolute Gasteiger partial charge is 0.262 e. The zero-order chi connectivity index (χ0) is 15.5. The SMILES string of the molecule is Cc1n[nH]c(C)c1NS(=O)(=O)c1ccc(CCCO)cc1. The highest BCUT2D eigenvalue weighted by molar-refractivity contribution is 7.92. The van der Waals surface area contributed by atoms with Crippen molar-refractivity contribution in [1.82, 2.24) is 10.2 Å². The highest BCUT2D eigenvalue weighted by Gasteiger charge is 2.17. The molecule has 1 heterocycles. The predicted octanol–water partition coefficient (Wildman–Crippen LogP) is 1.75. The molecule has 0 saturated heterocycles. The first-order valence-electron chi connectivity index (χ1n) is 6.68. The molecule has 3 N–H and O–H groups in total. The summed E-state index contributed by atoms with van der Waals surface area (Å²) in [5.74, 6) is 0. The van der Waals surface area contributed by atoms with Gasteiger partial charge in [-0.15, -0.1) is 0 Å². The van der Waals surface area contributed by atoms with E-state index in [-0.39, 0.29) is 11.5 Å². The molecule has 0 aliphatic carbocycles. The summed E-state index contributed by atoms with van der Waals surface area (Å²) in [6.45, 7) is 3.62. The molecule has 2 aromatic rings. The Morgan fingerprint density at radius 1 is 1.24 bits per heavy atom. The number of sulfonamides is 1. The molecule has 0 aliphatic rings. The lowest BCUT2D eigenvalue weighted by atomic mass is 10.1. The van der Waals surface area contributed by atoms with E-state index in [4.69, 9.17) is 5.11 Å². The Labute approximate surface area is 124 Å². The maximum Gasteiger partial charge on any atom is 0.262 e. The largest absolute Gasteiger partial charge is 0.396 e. The number of hydrogen-bond donors (Lipinski definition) is 3. The van der Waals surface area contributed by atoms with Gasteiger partial charge in [-0.05, 0) is 44.4 Å². The van der Waals surface area contributed by atoms with E-state index in [0.717, 1.165) is 12.0 Å². The number of aliphatic hydroxyl groups excluding tert-OH is 1. The van der Waals surface area contributed by atoms with Crippen molar-refractivity contribution in [2.45, 2.75) is 31.6 Å². The Kier molecular flexibility index (Phi) is 4.64. The molecule has 21 heavy (non-hydrogen) atoms. The molecule has 7 heteroatoms. The third kappa shape index (κ3) is 3.62. The molecule has 1 aromatic carbocycles. The van der Waals surface area contributed by atoms with Gasteiger partial charge in [0.2, 0.25) is 0 Å². The van der Waals surface area contributed by atoms with Crippen LogP contribution in [0.2, 0.25) is 0 Å². The summed E-state index contributed by atoms with van der Waals surface area (Å²) >= 11 is 0. The third-order valence-electron chi connectivity index (χ3n) is 3.22. The van der Waals surface area contributed by atoms with E-state index in [9.17, 15) is 8.42 Å². The van der Waals surface area contributed by atoms with Crippen LogP contribution in [0.5, 0.6) is 0 Å². The summed E-state index contributed by atoms with van der Waals surface area (Å²) < 4.78 is 27.2. The molecular formula is C14H19N3O3S. The van der Waals surface area contributed by atoms with E-state index < -0.39 is 10.0 Å². The topological polar surface area (TPSA) is 95.1 Å². The summed E-state index contributed by atoms with van der Waals surface area (Å²) in [4.78, 5) is 0.204. The second-order valence-electron chi connectivity index (χ2n) is 4.89. The van der Waals surface area contributed by atoms with Crippen LogP contribution in [0.1, 0.15) is 23.4 Å². The number of nitrogens with one attached hydrogen (secondary N) is 2. The van der Waals surface area contributed by atoms with Gasteiger partial charge in [0, 0.05) is 6.61 Å². The van der Waals surface area contributed by atoms with E-state index >= 15 is 0 Å². The summed E-state index contributed by atoms with van der Waals surface area (Å²) in [7, 11) is -3.62. The van der Waals surface area contributed by atoms with E-state index in [0.29, 0.717) is 23.5 Å². The lowest BCUT2D eigenvalue weighted by molar-refractivity contribution is 0.288. The molecule has 0 radical (unpaired) electrons. The van der Waals surface area contributed by atoms with Crippen LogP contribution in [0.15, 0.2) is 29.2 Å². The van der Waals surface area contributed by atoms with Crippen LogP contribution in [0.25, 0.3) is 0 Å². The molecule has 2 rings (SSSR count). The fourth-order valence-electron chi connectivity index (χ4n) is 2.01. The van der Waals surface area contributed by atoms with Crippen molar-refractivity contribution in [2.75, 3.05) is 11.3 Å². The average Bonchev–Trinajstić information content (AvgIpc) is 2.77. The van der Waals surface area contributed by atoms with Crippen LogP contribution in [0, 0.1) is 13.8 Å². The van der Waals surface area contributed by atoms with Crippen molar-refractivity contribution < 1.29 is 13.5 Å². The van der Waals surface area contributed by atoms with Gasteiger partial charge < -0.3 is 5.11 Å². The fourth-order valence-corrected chi connectivity index (χ4v) is 3.19. The molecule has 0 saturated carbocycles. The van der Waals surface area contributed by atoms with Crippen molar-refractivity contribution in [3.05, 3.63) is 41.2 Å². The number of aromatic nitrogens is 2.